The predicted molar refractivity (Wildman–Crippen MR) is 102 cm³/mol. The van der Waals surface area contributed by atoms with E-state index >= 15 is 0 Å². The van der Waals surface area contributed by atoms with Crippen LogP contribution < -0.4 is 16.9 Å². The molecular formula is C18H15ClN4O4. The molecule has 0 fully saturated rings. The van der Waals surface area contributed by atoms with Crippen molar-refractivity contribution in [2.45, 2.75) is 13.5 Å². The molecule has 3 heterocycles. The molecule has 9 heteroatoms. The summed E-state index contributed by atoms with van der Waals surface area (Å²) in [5.41, 5.74) is 1.01. The van der Waals surface area contributed by atoms with Crippen molar-refractivity contribution in [3.8, 4) is 0 Å². The van der Waals surface area contributed by atoms with Crippen molar-refractivity contribution in [1.29, 1.82) is 0 Å². The first kappa shape index (κ1) is 17.3. The Bertz CT molecular complexity index is 1410. The fourth-order valence-electron chi connectivity index (χ4n) is 3.18. The number of fused-ring (bicyclic) bond motifs is 2. The summed E-state index contributed by atoms with van der Waals surface area (Å²) in [4.78, 5) is 40.8. The second kappa shape index (κ2) is 5.95. The summed E-state index contributed by atoms with van der Waals surface area (Å²) in [5, 5.41) is 1.22. The Morgan fingerprint density at radius 1 is 1.11 bits per heavy atom. The number of nitrogens with zero attached hydrogens (tertiary/aromatic N) is 4. The molecule has 0 radical (unpaired) electrons. The van der Waals surface area contributed by atoms with Crippen LogP contribution in [0.2, 0.25) is 5.02 Å². The second-order valence-electron chi connectivity index (χ2n) is 6.44. The highest BCUT2D eigenvalue weighted by Gasteiger charge is 2.16. The minimum absolute atomic E-state index is 0.200. The summed E-state index contributed by atoms with van der Waals surface area (Å²) >= 11 is 6.23. The highest BCUT2D eigenvalue weighted by Crippen LogP contribution is 2.26. The van der Waals surface area contributed by atoms with Gasteiger partial charge in [-0.2, -0.15) is 0 Å². The van der Waals surface area contributed by atoms with E-state index in [2.05, 4.69) is 4.98 Å². The molecule has 0 amide bonds. The van der Waals surface area contributed by atoms with Crippen LogP contribution in [0.5, 0.6) is 0 Å². The lowest BCUT2D eigenvalue weighted by molar-refractivity contribution is 0.557. The van der Waals surface area contributed by atoms with Crippen LogP contribution in [0.15, 0.2) is 43.3 Å². The Balaban J connectivity index is 1.99. The van der Waals surface area contributed by atoms with Crippen molar-refractivity contribution in [3.63, 3.8) is 0 Å². The topological polar surface area (TPSA) is 92.0 Å². The van der Waals surface area contributed by atoms with Crippen molar-refractivity contribution in [2.75, 3.05) is 0 Å². The molecule has 0 saturated heterocycles. The summed E-state index contributed by atoms with van der Waals surface area (Å²) in [6, 6.07) is 4.81. The summed E-state index contributed by atoms with van der Waals surface area (Å²) in [5.74, 6) is 0. The van der Waals surface area contributed by atoms with Crippen LogP contribution in [-0.2, 0) is 20.6 Å². The minimum Gasteiger partial charge on any atom is -0.423 e. The maximum Gasteiger partial charge on any atom is 0.336 e. The summed E-state index contributed by atoms with van der Waals surface area (Å²) < 4.78 is 9.22. The molecule has 0 aliphatic rings. The first-order chi connectivity index (χ1) is 12.8. The Labute approximate surface area is 156 Å². The summed E-state index contributed by atoms with van der Waals surface area (Å²) in [6.07, 6.45) is 1.47. The zero-order valence-corrected chi connectivity index (χ0v) is 15.6. The second-order valence-corrected chi connectivity index (χ2v) is 6.85. The molecule has 0 spiro atoms. The van der Waals surface area contributed by atoms with Gasteiger partial charge in [0, 0.05) is 30.6 Å². The maximum absolute atomic E-state index is 12.6. The van der Waals surface area contributed by atoms with E-state index in [-0.39, 0.29) is 17.7 Å². The predicted octanol–water partition coefficient (Wildman–Crippen LogP) is 1.55. The van der Waals surface area contributed by atoms with Gasteiger partial charge in [-0.25, -0.2) is 14.6 Å². The van der Waals surface area contributed by atoms with Gasteiger partial charge in [-0.15, -0.1) is 0 Å². The van der Waals surface area contributed by atoms with Gasteiger partial charge in [0.2, 0.25) is 0 Å². The molecular weight excluding hydrogens is 372 g/mol. The van der Waals surface area contributed by atoms with E-state index in [1.165, 1.54) is 24.0 Å². The van der Waals surface area contributed by atoms with Crippen LogP contribution in [-0.4, -0.2) is 18.7 Å². The molecule has 0 atom stereocenters. The van der Waals surface area contributed by atoms with Gasteiger partial charge in [-0.3, -0.25) is 13.9 Å². The van der Waals surface area contributed by atoms with Gasteiger partial charge >= 0.3 is 11.3 Å². The fraction of sp³-hybridized carbons (Fsp3) is 0.222. The van der Waals surface area contributed by atoms with E-state index in [0.29, 0.717) is 21.6 Å². The molecule has 4 aromatic rings. The van der Waals surface area contributed by atoms with E-state index in [4.69, 9.17) is 16.0 Å². The smallest absolute Gasteiger partial charge is 0.336 e. The van der Waals surface area contributed by atoms with Gasteiger partial charge in [0.15, 0.2) is 11.2 Å². The quantitative estimate of drug-likeness (QED) is 0.487. The molecule has 4 rings (SSSR count). The average Bonchev–Trinajstić information content (AvgIpc) is 3.03. The van der Waals surface area contributed by atoms with Gasteiger partial charge in [0.05, 0.1) is 12.9 Å². The molecule has 3 aromatic heterocycles. The third kappa shape index (κ3) is 2.60. The number of hydrogen-bond acceptors (Lipinski definition) is 5. The zero-order valence-electron chi connectivity index (χ0n) is 14.8. The van der Waals surface area contributed by atoms with Crippen LogP contribution >= 0.6 is 11.6 Å². The van der Waals surface area contributed by atoms with E-state index in [1.807, 2.05) is 6.92 Å². The third-order valence-electron chi connectivity index (χ3n) is 4.67. The molecule has 138 valence electrons. The monoisotopic (exact) mass is 386 g/mol. The fourth-order valence-corrected chi connectivity index (χ4v) is 3.34. The van der Waals surface area contributed by atoms with Crippen molar-refractivity contribution < 1.29 is 4.42 Å². The molecule has 0 unspecified atom stereocenters. The number of rotatable bonds is 2. The van der Waals surface area contributed by atoms with Gasteiger partial charge in [0.1, 0.15) is 5.58 Å². The van der Waals surface area contributed by atoms with E-state index in [9.17, 15) is 14.4 Å². The average molecular weight is 387 g/mol. The lowest BCUT2D eigenvalue weighted by Crippen LogP contribution is -2.37. The lowest BCUT2D eigenvalue weighted by atomic mass is 10.1. The van der Waals surface area contributed by atoms with Crippen molar-refractivity contribution in [3.05, 3.63) is 71.9 Å². The summed E-state index contributed by atoms with van der Waals surface area (Å²) in [6.45, 7) is 2.02. The number of aryl methyl sites for hydroxylation is 2. The van der Waals surface area contributed by atoms with Crippen LogP contribution in [0.3, 0.4) is 0 Å². The van der Waals surface area contributed by atoms with E-state index < -0.39 is 16.9 Å². The third-order valence-corrected chi connectivity index (χ3v) is 5.07. The maximum atomic E-state index is 12.6. The molecule has 0 bridgehead atoms. The van der Waals surface area contributed by atoms with Gasteiger partial charge < -0.3 is 8.98 Å². The van der Waals surface area contributed by atoms with Crippen LogP contribution in [0.4, 0.5) is 0 Å². The highest BCUT2D eigenvalue weighted by atomic mass is 35.5. The van der Waals surface area contributed by atoms with Crippen LogP contribution in [0.25, 0.3) is 22.1 Å². The molecule has 1 aromatic carbocycles. The van der Waals surface area contributed by atoms with Crippen molar-refractivity contribution in [2.24, 2.45) is 14.1 Å². The lowest BCUT2D eigenvalue weighted by Gasteiger charge is -2.09. The largest absolute Gasteiger partial charge is 0.423 e. The number of imidazole rings is 1. The molecule has 8 nitrogen and oxygen atoms in total. The first-order valence-corrected chi connectivity index (χ1v) is 8.49. The normalized spacial score (nSPS) is 11.6. The number of halogens is 1. The first-order valence-electron chi connectivity index (χ1n) is 8.11. The Morgan fingerprint density at radius 3 is 2.59 bits per heavy atom. The molecule has 0 aliphatic heterocycles. The van der Waals surface area contributed by atoms with Crippen molar-refractivity contribution >= 4 is 33.7 Å². The highest BCUT2D eigenvalue weighted by molar-refractivity contribution is 6.32. The summed E-state index contributed by atoms with van der Waals surface area (Å²) in [7, 11) is 2.97. The Morgan fingerprint density at radius 2 is 1.85 bits per heavy atom. The zero-order chi connectivity index (χ0) is 19.5. The van der Waals surface area contributed by atoms with Gasteiger partial charge in [-0.1, -0.05) is 11.6 Å². The van der Waals surface area contributed by atoms with Gasteiger partial charge in [-0.05, 0) is 30.2 Å². The molecule has 0 saturated carbocycles. The van der Waals surface area contributed by atoms with Crippen LogP contribution in [0, 0.1) is 6.92 Å². The molecule has 0 aliphatic carbocycles. The molecule has 27 heavy (non-hydrogen) atoms. The molecule has 0 N–H and O–H groups in total. The number of benzene rings is 1. The number of hydrogen-bond donors (Lipinski definition) is 0. The van der Waals surface area contributed by atoms with E-state index in [0.717, 1.165) is 10.1 Å². The Kier molecular flexibility index (Phi) is 3.81. The minimum atomic E-state index is -0.496. The standard InChI is InChI=1S/C18H15ClN4O4/c1-9-4-13-11(6-12(9)19)10(5-14(24)27-13)7-23-8-20-16-15(23)17(25)22(3)18(26)21(16)2/h4-6,8H,7H2,1-3H3. The van der Waals surface area contributed by atoms with E-state index in [1.54, 1.807) is 23.7 Å². The van der Waals surface area contributed by atoms with Gasteiger partial charge in [0.25, 0.3) is 5.56 Å². The number of aromatic nitrogens is 4. The van der Waals surface area contributed by atoms with Crippen molar-refractivity contribution in [1.82, 2.24) is 18.7 Å². The Hall–Kier alpha value is -3.13. The van der Waals surface area contributed by atoms with Crippen LogP contribution in [0.1, 0.15) is 11.1 Å². The SMILES string of the molecule is Cc1cc2oc(=O)cc(Cn3cnc4c3c(=O)n(C)c(=O)n4C)c2cc1Cl.